The Morgan fingerprint density at radius 1 is 1.57 bits per heavy atom. The van der Waals surface area contributed by atoms with E-state index < -0.39 is 11.9 Å². The largest absolute Gasteiger partial charge is 0.481 e. The topological polar surface area (TPSA) is 50.2 Å². The van der Waals surface area contributed by atoms with E-state index >= 15 is 0 Å². The van der Waals surface area contributed by atoms with Crippen LogP contribution in [0.4, 0.5) is 0 Å². The predicted octanol–water partition coefficient (Wildman–Crippen LogP) is 2.42. The van der Waals surface area contributed by atoms with Crippen molar-refractivity contribution in [1.29, 1.82) is 0 Å². The first-order valence-corrected chi connectivity index (χ1v) is 5.32. The SMILES string of the molecule is O=C(O)C(c1ccc(Br)cn1)C1CC1. The van der Waals surface area contributed by atoms with Crippen molar-refractivity contribution in [3.63, 3.8) is 0 Å². The van der Waals surface area contributed by atoms with Crippen molar-refractivity contribution in [3.05, 3.63) is 28.5 Å². The predicted molar refractivity (Wildman–Crippen MR) is 55.0 cm³/mol. The van der Waals surface area contributed by atoms with Crippen molar-refractivity contribution < 1.29 is 9.90 Å². The van der Waals surface area contributed by atoms with Gasteiger partial charge in [-0.05, 0) is 46.8 Å². The summed E-state index contributed by atoms with van der Waals surface area (Å²) in [7, 11) is 0. The van der Waals surface area contributed by atoms with Crippen molar-refractivity contribution in [2.75, 3.05) is 0 Å². The monoisotopic (exact) mass is 255 g/mol. The van der Waals surface area contributed by atoms with E-state index in [4.69, 9.17) is 5.11 Å². The summed E-state index contributed by atoms with van der Waals surface area (Å²) in [4.78, 5) is 15.1. The van der Waals surface area contributed by atoms with Gasteiger partial charge in [0.05, 0.1) is 5.69 Å². The molecule has 1 heterocycles. The number of carboxylic acids is 1. The second kappa shape index (κ2) is 3.69. The van der Waals surface area contributed by atoms with Gasteiger partial charge in [-0.1, -0.05) is 0 Å². The summed E-state index contributed by atoms with van der Waals surface area (Å²) in [5.74, 6) is -0.883. The second-order valence-electron chi connectivity index (χ2n) is 3.55. The number of carbonyl (C=O) groups is 1. The first-order valence-electron chi connectivity index (χ1n) is 4.53. The summed E-state index contributed by atoms with van der Waals surface area (Å²) in [5.41, 5.74) is 0.670. The molecule has 0 aromatic carbocycles. The highest BCUT2D eigenvalue weighted by Gasteiger charge is 2.38. The van der Waals surface area contributed by atoms with Gasteiger partial charge >= 0.3 is 5.97 Å². The van der Waals surface area contributed by atoms with Crippen LogP contribution in [0, 0.1) is 5.92 Å². The van der Waals surface area contributed by atoms with E-state index in [0.717, 1.165) is 17.3 Å². The third-order valence-electron chi connectivity index (χ3n) is 2.43. The molecule has 14 heavy (non-hydrogen) atoms. The van der Waals surface area contributed by atoms with Crippen LogP contribution in [0.3, 0.4) is 0 Å². The van der Waals surface area contributed by atoms with Crippen LogP contribution in [0.15, 0.2) is 22.8 Å². The molecule has 0 aliphatic heterocycles. The Morgan fingerprint density at radius 3 is 2.71 bits per heavy atom. The Kier molecular flexibility index (Phi) is 2.54. The molecule has 1 aliphatic rings. The van der Waals surface area contributed by atoms with Crippen LogP contribution >= 0.6 is 15.9 Å². The lowest BCUT2D eigenvalue weighted by molar-refractivity contribution is -0.139. The van der Waals surface area contributed by atoms with Crippen LogP contribution in [0.5, 0.6) is 0 Å². The van der Waals surface area contributed by atoms with Crippen LogP contribution in [-0.2, 0) is 4.79 Å². The molecule has 0 radical (unpaired) electrons. The van der Waals surface area contributed by atoms with Gasteiger partial charge in [0, 0.05) is 10.7 Å². The average Bonchev–Trinajstić information content (AvgIpc) is 2.92. The molecule has 1 unspecified atom stereocenters. The molecule has 1 aromatic rings. The molecule has 1 fully saturated rings. The Morgan fingerprint density at radius 2 is 2.29 bits per heavy atom. The highest BCUT2D eigenvalue weighted by atomic mass is 79.9. The van der Waals surface area contributed by atoms with Gasteiger partial charge in [0.25, 0.3) is 0 Å². The van der Waals surface area contributed by atoms with Crippen LogP contribution < -0.4 is 0 Å². The fourth-order valence-corrected chi connectivity index (χ4v) is 1.80. The fraction of sp³-hybridized carbons (Fsp3) is 0.400. The third-order valence-corrected chi connectivity index (χ3v) is 2.90. The molecule has 1 N–H and O–H groups in total. The summed E-state index contributed by atoms with van der Waals surface area (Å²) in [6, 6.07) is 3.61. The minimum Gasteiger partial charge on any atom is -0.481 e. The van der Waals surface area contributed by atoms with Crippen molar-refractivity contribution in [3.8, 4) is 0 Å². The number of hydrogen-bond acceptors (Lipinski definition) is 2. The minimum absolute atomic E-state index is 0.293. The van der Waals surface area contributed by atoms with Gasteiger partial charge in [0.15, 0.2) is 0 Å². The van der Waals surface area contributed by atoms with Gasteiger partial charge in [0.1, 0.15) is 5.92 Å². The zero-order valence-electron chi connectivity index (χ0n) is 7.48. The molecule has 1 saturated carbocycles. The van der Waals surface area contributed by atoms with E-state index in [9.17, 15) is 4.79 Å². The number of aliphatic carboxylic acids is 1. The molecule has 1 aromatic heterocycles. The maximum atomic E-state index is 11.0. The summed E-state index contributed by atoms with van der Waals surface area (Å²) >= 11 is 3.27. The second-order valence-corrected chi connectivity index (χ2v) is 4.47. The first-order chi connectivity index (χ1) is 6.68. The molecule has 0 bridgehead atoms. The van der Waals surface area contributed by atoms with Crippen molar-refractivity contribution in [2.24, 2.45) is 5.92 Å². The first kappa shape index (κ1) is 9.65. The zero-order chi connectivity index (χ0) is 10.1. The van der Waals surface area contributed by atoms with Crippen LogP contribution in [-0.4, -0.2) is 16.1 Å². The molecule has 0 amide bonds. The van der Waals surface area contributed by atoms with Gasteiger partial charge in [-0.3, -0.25) is 9.78 Å². The quantitative estimate of drug-likeness (QED) is 0.903. The van der Waals surface area contributed by atoms with Crippen molar-refractivity contribution in [2.45, 2.75) is 18.8 Å². The number of carboxylic acid groups (broad SMARTS) is 1. The zero-order valence-corrected chi connectivity index (χ0v) is 9.07. The van der Waals surface area contributed by atoms with E-state index in [1.54, 1.807) is 12.3 Å². The smallest absolute Gasteiger partial charge is 0.312 e. The summed E-state index contributed by atoms with van der Waals surface area (Å²) < 4.78 is 0.876. The van der Waals surface area contributed by atoms with E-state index in [0.29, 0.717) is 11.6 Å². The highest BCUT2D eigenvalue weighted by molar-refractivity contribution is 9.10. The van der Waals surface area contributed by atoms with Gasteiger partial charge < -0.3 is 5.11 Å². The van der Waals surface area contributed by atoms with Crippen LogP contribution in [0.1, 0.15) is 24.5 Å². The van der Waals surface area contributed by atoms with Crippen molar-refractivity contribution in [1.82, 2.24) is 4.98 Å². The lowest BCUT2D eigenvalue weighted by Gasteiger charge is -2.09. The van der Waals surface area contributed by atoms with Gasteiger partial charge in [0.2, 0.25) is 0 Å². The van der Waals surface area contributed by atoms with E-state index in [1.807, 2.05) is 6.07 Å². The highest BCUT2D eigenvalue weighted by Crippen LogP contribution is 2.42. The number of hydrogen-bond donors (Lipinski definition) is 1. The summed E-state index contributed by atoms with van der Waals surface area (Å²) in [5, 5.41) is 9.05. The maximum absolute atomic E-state index is 11.0. The van der Waals surface area contributed by atoms with E-state index in [1.165, 1.54) is 0 Å². The van der Waals surface area contributed by atoms with Crippen LogP contribution in [0.2, 0.25) is 0 Å². The van der Waals surface area contributed by atoms with Gasteiger partial charge in [-0.25, -0.2) is 0 Å². The number of nitrogens with zero attached hydrogens (tertiary/aromatic N) is 1. The Bertz CT molecular complexity index is 346. The van der Waals surface area contributed by atoms with Crippen LogP contribution in [0.25, 0.3) is 0 Å². The van der Waals surface area contributed by atoms with E-state index in [2.05, 4.69) is 20.9 Å². The third kappa shape index (κ3) is 1.95. The number of rotatable bonds is 3. The van der Waals surface area contributed by atoms with Gasteiger partial charge in [-0.2, -0.15) is 0 Å². The molecule has 0 spiro atoms. The normalized spacial score (nSPS) is 17.8. The average molecular weight is 256 g/mol. The molecule has 2 rings (SSSR count). The molecule has 1 aliphatic carbocycles. The fourth-order valence-electron chi connectivity index (χ4n) is 1.57. The molecule has 3 nitrogen and oxygen atoms in total. The molecule has 4 heteroatoms. The van der Waals surface area contributed by atoms with Gasteiger partial charge in [-0.15, -0.1) is 0 Å². The summed E-state index contributed by atoms with van der Waals surface area (Å²) in [6.45, 7) is 0. The van der Waals surface area contributed by atoms with Crippen molar-refractivity contribution >= 4 is 21.9 Å². The Balaban J connectivity index is 2.26. The standard InChI is InChI=1S/C10H10BrNO2/c11-7-3-4-8(12-5-7)9(10(13)14)6-1-2-6/h3-6,9H,1-2H2,(H,13,14). The molecular formula is C10H10BrNO2. The molecule has 1 atom stereocenters. The number of pyridine rings is 1. The lowest BCUT2D eigenvalue weighted by Crippen LogP contribution is -2.14. The molecular weight excluding hydrogens is 246 g/mol. The molecule has 74 valence electrons. The lowest BCUT2D eigenvalue weighted by atomic mass is 9.99. The molecule has 0 saturated heterocycles. The number of halogens is 1. The van der Waals surface area contributed by atoms with E-state index in [-0.39, 0.29) is 0 Å². The Labute approximate surface area is 90.3 Å². The maximum Gasteiger partial charge on any atom is 0.312 e. The Hall–Kier alpha value is -0.900. The summed E-state index contributed by atoms with van der Waals surface area (Å²) in [6.07, 6.45) is 3.66. The number of aromatic nitrogens is 1. The minimum atomic E-state index is -0.762.